The molecule has 0 bridgehead atoms. The van der Waals surface area contributed by atoms with Crippen molar-refractivity contribution in [3.63, 3.8) is 0 Å². The molecule has 0 aromatic carbocycles. The minimum Gasteiger partial charge on any atom is -0.453 e. The van der Waals surface area contributed by atoms with Crippen LogP contribution in [0.5, 0.6) is 0 Å². The van der Waals surface area contributed by atoms with Crippen LogP contribution in [-0.2, 0) is 9.53 Å². The average molecular weight is 146 g/mol. The summed E-state index contributed by atoms with van der Waals surface area (Å²) in [7, 11) is 1.28. The van der Waals surface area contributed by atoms with Gasteiger partial charge < -0.3 is 15.4 Å². The van der Waals surface area contributed by atoms with Crippen LogP contribution in [0.3, 0.4) is 0 Å². The molecule has 0 unspecified atom stereocenters. The molecule has 0 atom stereocenters. The summed E-state index contributed by atoms with van der Waals surface area (Å²) < 4.78 is 4.26. The summed E-state index contributed by atoms with van der Waals surface area (Å²) in [6.45, 7) is 0.796. The Morgan fingerprint density at radius 2 is 2.30 bits per heavy atom. The predicted molar refractivity (Wildman–Crippen MR) is 34.5 cm³/mol. The van der Waals surface area contributed by atoms with Crippen molar-refractivity contribution < 1.29 is 14.3 Å². The van der Waals surface area contributed by atoms with E-state index in [1.54, 1.807) is 0 Å². The lowest BCUT2D eigenvalue weighted by atomic mass is 10.6. The second kappa shape index (κ2) is 5.87. The molecule has 0 aliphatic heterocycles. The van der Waals surface area contributed by atoms with Gasteiger partial charge in [0, 0.05) is 13.1 Å². The van der Waals surface area contributed by atoms with E-state index in [4.69, 9.17) is 0 Å². The Hall–Kier alpha value is -1.26. The van der Waals surface area contributed by atoms with Crippen LogP contribution in [0.4, 0.5) is 4.79 Å². The molecule has 2 N–H and O–H groups in total. The smallest absolute Gasteiger partial charge is 0.406 e. The van der Waals surface area contributed by atoms with E-state index in [0.717, 1.165) is 0 Å². The number of alkyl carbamates (subject to hydrolysis) is 1. The SMILES string of the molecule is COC(=O)NCCNC=O. The van der Waals surface area contributed by atoms with Gasteiger partial charge in [0.2, 0.25) is 6.41 Å². The van der Waals surface area contributed by atoms with E-state index >= 15 is 0 Å². The first-order valence-corrected chi connectivity index (χ1v) is 2.80. The fourth-order valence-electron chi connectivity index (χ4n) is 0.368. The number of rotatable bonds is 4. The molecule has 10 heavy (non-hydrogen) atoms. The van der Waals surface area contributed by atoms with Gasteiger partial charge in [0.25, 0.3) is 0 Å². The summed E-state index contributed by atoms with van der Waals surface area (Å²) in [5, 5.41) is 4.76. The highest BCUT2D eigenvalue weighted by atomic mass is 16.5. The molecule has 5 nitrogen and oxygen atoms in total. The number of amides is 2. The molecular formula is C5H10N2O3. The van der Waals surface area contributed by atoms with Crippen LogP contribution >= 0.6 is 0 Å². The van der Waals surface area contributed by atoms with Crippen molar-refractivity contribution in [3.05, 3.63) is 0 Å². The number of carbonyl (C=O) groups is 2. The molecule has 0 saturated carbocycles. The summed E-state index contributed by atoms with van der Waals surface area (Å²) in [5.74, 6) is 0. The lowest BCUT2D eigenvalue weighted by Gasteiger charge is -2.00. The van der Waals surface area contributed by atoms with Crippen LogP contribution in [0, 0.1) is 0 Å². The zero-order chi connectivity index (χ0) is 7.82. The van der Waals surface area contributed by atoms with Crippen LogP contribution in [0.25, 0.3) is 0 Å². The van der Waals surface area contributed by atoms with Gasteiger partial charge in [-0.1, -0.05) is 0 Å². The highest BCUT2D eigenvalue weighted by Crippen LogP contribution is 1.67. The molecule has 2 amide bonds. The minimum absolute atomic E-state index is 0.380. The number of ether oxygens (including phenoxy) is 1. The van der Waals surface area contributed by atoms with Gasteiger partial charge in [-0.25, -0.2) is 4.79 Å². The third-order valence-corrected chi connectivity index (χ3v) is 0.807. The highest BCUT2D eigenvalue weighted by molar-refractivity contribution is 5.66. The van der Waals surface area contributed by atoms with Crippen molar-refractivity contribution in [2.24, 2.45) is 0 Å². The van der Waals surface area contributed by atoms with Crippen molar-refractivity contribution in [1.82, 2.24) is 10.6 Å². The van der Waals surface area contributed by atoms with E-state index in [0.29, 0.717) is 19.5 Å². The summed E-state index contributed by atoms with van der Waals surface area (Å²) >= 11 is 0. The molecule has 0 aliphatic carbocycles. The first-order chi connectivity index (χ1) is 4.81. The number of nitrogens with one attached hydrogen (secondary N) is 2. The van der Waals surface area contributed by atoms with Gasteiger partial charge in [-0.2, -0.15) is 0 Å². The molecule has 0 heterocycles. The average Bonchev–Trinajstić information content (AvgIpc) is 1.98. The van der Waals surface area contributed by atoms with Gasteiger partial charge >= 0.3 is 6.09 Å². The summed E-state index contributed by atoms with van der Waals surface area (Å²) in [5.41, 5.74) is 0. The first kappa shape index (κ1) is 8.74. The molecule has 58 valence electrons. The summed E-state index contributed by atoms with van der Waals surface area (Å²) in [6, 6.07) is 0. The fourth-order valence-corrected chi connectivity index (χ4v) is 0.368. The molecule has 0 spiro atoms. The predicted octanol–water partition coefficient (Wildman–Crippen LogP) is -0.912. The van der Waals surface area contributed by atoms with Crippen LogP contribution in [0.2, 0.25) is 0 Å². The lowest BCUT2D eigenvalue weighted by molar-refractivity contribution is -0.109. The Morgan fingerprint density at radius 1 is 1.60 bits per heavy atom. The van der Waals surface area contributed by atoms with Gasteiger partial charge in [-0.15, -0.1) is 0 Å². The largest absolute Gasteiger partial charge is 0.453 e. The molecular weight excluding hydrogens is 136 g/mol. The van der Waals surface area contributed by atoms with Crippen molar-refractivity contribution in [2.75, 3.05) is 20.2 Å². The molecule has 0 radical (unpaired) electrons. The standard InChI is InChI=1S/C5H10N2O3/c1-10-5(9)7-3-2-6-4-8/h4H,2-3H2,1H3,(H,6,8)(H,7,9). The monoisotopic (exact) mass is 146 g/mol. The zero-order valence-electron chi connectivity index (χ0n) is 5.72. The Balaban J connectivity index is 3.03. The van der Waals surface area contributed by atoms with Crippen LogP contribution in [-0.4, -0.2) is 32.7 Å². The van der Waals surface area contributed by atoms with E-state index in [2.05, 4.69) is 15.4 Å². The molecule has 0 fully saturated rings. The maximum Gasteiger partial charge on any atom is 0.406 e. The van der Waals surface area contributed by atoms with E-state index < -0.39 is 6.09 Å². The number of hydrogen-bond acceptors (Lipinski definition) is 3. The summed E-state index contributed by atoms with van der Waals surface area (Å²) in [6.07, 6.45) is 0.0755. The third-order valence-electron chi connectivity index (χ3n) is 0.807. The topological polar surface area (TPSA) is 67.4 Å². The van der Waals surface area contributed by atoms with Gasteiger partial charge in [0.1, 0.15) is 0 Å². The van der Waals surface area contributed by atoms with E-state index in [1.165, 1.54) is 7.11 Å². The normalized spacial score (nSPS) is 8.10. The molecule has 0 aromatic rings. The Bertz CT molecular complexity index is 115. The maximum absolute atomic E-state index is 10.3. The molecule has 5 heteroatoms. The van der Waals surface area contributed by atoms with E-state index in [9.17, 15) is 9.59 Å². The highest BCUT2D eigenvalue weighted by Gasteiger charge is 1.93. The minimum atomic E-state index is -0.493. The molecule has 0 aliphatic rings. The van der Waals surface area contributed by atoms with Crippen LogP contribution in [0.15, 0.2) is 0 Å². The maximum atomic E-state index is 10.3. The third kappa shape index (κ3) is 4.89. The lowest BCUT2D eigenvalue weighted by Crippen LogP contribution is -2.31. The Labute approximate surface area is 58.7 Å². The fraction of sp³-hybridized carbons (Fsp3) is 0.600. The van der Waals surface area contributed by atoms with Gasteiger partial charge in [0.05, 0.1) is 7.11 Å². The second-order valence-corrected chi connectivity index (χ2v) is 1.49. The molecule has 0 aromatic heterocycles. The van der Waals surface area contributed by atoms with Crippen LogP contribution < -0.4 is 10.6 Å². The van der Waals surface area contributed by atoms with Crippen molar-refractivity contribution in [1.29, 1.82) is 0 Å². The Morgan fingerprint density at radius 3 is 2.80 bits per heavy atom. The Kier molecular flexibility index (Phi) is 5.13. The zero-order valence-corrected chi connectivity index (χ0v) is 5.72. The van der Waals surface area contributed by atoms with Gasteiger partial charge in [-0.3, -0.25) is 4.79 Å². The molecule has 0 rings (SSSR count). The molecule has 0 saturated heterocycles. The van der Waals surface area contributed by atoms with Crippen molar-refractivity contribution >= 4 is 12.5 Å². The number of hydrogen-bond donors (Lipinski definition) is 2. The quantitative estimate of drug-likeness (QED) is 0.398. The first-order valence-electron chi connectivity index (χ1n) is 2.80. The number of methoxy groups -OCH3 is 1. The van der Waals surface area contributed by atoms with E-state index in [-0.39, 0.29) is 0 Å². The van der Waals surface area contributed by atoms with Gasteiger partial charge in [0.15, 0.2) is 0 Å². The van der Waals surface area contributed by atoms with Crippen molar-refractivity contribution in [2.45, 2.75) is 0 Å². The number of carbonyl (C=O) groups excluding carboxylic acids is 2. The summed E-state index contributed by atoms with van der Waals surface area (Å²) in [4.78, 5) is 20.0. The second-order valence-electron chi connectivity index (χ2n) is 1.49. The van der Waals surface area contributed by atoms with E-state index in [1.807, 2.05) is 0 Å². The van der Waals surface area contributed by atoms with Crippen LogP contribution in [0.1, 0.15) is 0 Å². The van der Waals surface area contributed by atoms with Crippen molar-refractivity contribution in [3.8, 4) is 0 Å². The van der Waals surface area contributed by atoms with Gasteiger partial charge in [-0.05, 0) is 0 Å².